The molecule has 0 bridgehead atoms. The molecule has 2 aliphatic carbocycles. The van der Waals surface area contributed by atoms with Crippen LogP contribution < -0.4 is 10.6 Å². The second-order valence-corrected chi connectivity index (χ2v) is 11.4. The van der Waals surface area contributed by atoms with Crippen molar-refractivity contribution < 1.29 is 19.2 Å². The van der Waals surface area contributed by atoms with Crippen LogP contribution in [0.3, 0.4) is 0 Å². The van der Waals surface area contributed by atoms with E-state index >= 15 is 0 Å². The molecule has 3 N–H and O–H groups in total. The average Bonchev–Trinajstić information content (AvgIpc) is 3.26. The highest BCUT2D eigenvalue weighted by Gasteiger charge is 2.69. The predicted molar refractivity (Wildman–Crippen MR) is 136 cm³/mol. The van der Waals surface area contributed by atoms with E-state index in [1.54, 1.807) is 17.9 Å². The summed E-state index contributed by atoms with van der Waals surface area (Å²) < 4.78 is 0. The minimum Gasteiger partial charge on any atom is -0.351 e. The molecule has 36 heavy (non-hydrogen) atoms. The van der Waals surface area contributed by atoms with E-state index in [9.17, 15) is 19.2 Å². The first-order chi connectivity index (χ1) is 17.2. The van der Waals surface area contributed by atoms with E-state index in [2.05, 4.69) is 29.5 Å². The molecule has 1 unspecified atom stereocenters. The zero-order valence-corrected chi connectivity index (χ0v) is 21.3. The van der Waals surface area contributed by atoms with Gasteiger partial charge in [0.2, 0.25) is 11.8 Å². The normalized spacial score (nSPS) is 26.6. The van der Waals surface area contributed by atoms with Gasteiger partial charge in [0.25, 0.3) is 5.91 Å². The number of aldehydes is 1. The molecule has 1 aromatic heterocycles. The molecule has 192 valence electrons. The van der Waals surface area contributed by atoms with Gasteiger partial charge in [-0.1, -0.05) is 51.3 Å². The van der Waals surface area contributed by atoms with Gasteiger partial charge in [0.05, 0.1) is 6.04 Å². The van der Waals surface area contributed by atoms with Gasteiger partial charge in [-0.3, -0.25) is 14.4 Å². The number of fused-ring (bicyclic) bond motifs is 2. The number of carbonyl (C=O) groups is 4. The van der Waals surface area contributed by atoms with E-state index in [0.717, 1.165) is 43.0 Å². The van der Waals surface area contributed by atoms with E-state index in [1.165, 1.54) is 0 Å². The van der Waals surface area contributed by atoms with Crippen LogP contribution in [0, 0.1) is 23.2 Å². The van der Waals surface area contributed by atoms with E-state index < -0.39 is 18.1 Å². The molecule has 1 saturated heterocycles. The molecular weight excluding hydrogens is 456 g/mol. The van der Waals surface area contributed by atoms with Crippen molar-refractivity contribution in [2.45, 2.75) is 71.0 Å². The van der Waals surface area contributed by atoms with Gasteiger partial charge >= 0.3 is 0 Å². The number of aromatic amines is 1. The number of carbonyl (C=O) groups excluding carboxylic acids is 4. The number of amides is 3. The summed E-state index contributed by atoms with van der Waals surface area (Å²) in [6.45, 7) is 6.39. The molecule has 0 spiro atoms. The molecule has 8 nitrogen and oxygen atoms in total. The molecule has 3 fully saturated rings. The highest BCUT2D eigenvalue weighted by molar-refractivity contribution is 6.01. The Hall–Kier alpha value is -3.16. The molecule has 2 saturated carbocycles. The maximum atomic E-state index is 14.1. The number of aromatic nitrogens is 1. The summed E-state index contributed by atoms with van der Waals surface area (Å²) in [5.41, 5.74) is 1.26. The number of para-hydroxylation sites is 1. The maximum Gasteiger partial charge on any atom is 0.268 e. The van der Waals surface area contributed by atoms with E-state index in [-0.39, 0.29) is 40.9 Å². The third-order valence-electron chi connectivity index (χ3n) is 8.78. The van der Waals surface area contributed by atoms with Crippen LogP contribution in [0.2, 0.25) is 0 Å². The molecule has 1 aromatic carbocycles. The van der Waals surface area contributed by atoms with Crippen molar-refractivity contribution in [3.05, 3.63) is 36.0 Å². The molecule has 1 aliphatic heterocycles. The lowest BCUT2D eigenvalue weighted by Crippen LogP contribution is -2.58. The van der Waals surface area contributed by atoms with Crippen LogP contribution in [0.1, 0.15) is 63.4 Å². The number of hydrogen-bond acceptors (Lipinski definition) is 4. The Balaban J connectivity index is 1.40. The van der Waals surface area contributed by atoms with Gasteiger partial charge in [0, 0.05) is 17.4 Å². The summed E-state index contributed by atoms with van der Waals surface area (Å²) >= 11 is 0. The first-order valence-corrected chi connectivity index (χ1v) is 13.2. The lowest BCUT2D eigenvalue weighted by atomic mass is 9.83. The quantitative estimate of drug-likeness (QED) is 0.516. The van der Waals surface area contributed by atoms with Gasteiger partial charge in [-0.25, -0.2) is 0 Å². The molecule has 8 heteroatoms. The summed E-state index contributed by atoms with van der Waals surface area (Å²) in [6, 6.07) is 7.55. The summed E-state index contributed by atoms with van der Waals surface area (Å²) in [6.07, 6.45) is 5.61. The standard InChI is InChI=1S/C28H36N4O4/c1-16(15-33)29-26(35)24-22-19(28(22,2)3)14-32(24)27(36)23(17-9-5-4-6-10-17)31-25(34)21-13-18-11-7-8-12-20(18)30-21/h7-8,11-13,15-17,19,22-24,30H,4-6,9-10,14H2,1-3H3,(H,29,35)(H,31,34)/t16?,19-,22-,23-,24-/m0/s1. The molecule has 5 rings (SSSR count). The number of nitrogens with zero attached hydrogens (tertiary/aromatic N) is 1. The summed E-state index contributed by atoms with van der Waals surface area (Å²) in [5, 5.41) is 6.75. The lowest BCUT2D eigenvalue weighted by Gasteiger charge is -2.37. The van der Waals surface area contributed by atoms with Crippen molar-refractivity contribution in [2.24, 2.45) is 23.2 Å². The Morgan fingerprint density at radius 1 is 1.11 bits per heavy atom. The third-order valence-corrected chi connectivity index (χ3v) is 8.78. The highest BCUT2D eigenvalue weighted by Crippen LogP contribution is 2.65. The molecule has 0 radical (unpaired) electrons. The van der Waals surface area contributed by atoms with E-state index in [4.69, 9.17) is 0 Å². The van der Waals surface area contributed by atoms with E-state index in [1.807, 2.05) is 24.3 Å². The van der Waals surface area contributed by atoms with Gasteiger partial charge in [-0.15, -0.1) is 0 Å². The highest BCUT2D eigenvalue weighted by atomic mass is 16.2. The first kappa shape index (κ1) is 24.5. The van der Waals surface area contributed by atoms with Gasteiger partial charge in [-0.05, 0) is 55.1 Å². The smallest absolute Gasteiger partial charge is 0.268 e. The number of hydrogen-bond donors (Lipinski definition) is 3. The van der Waals surface area contributed by atoms with Crippen molar-refractivity contribution in [1.29, 1.82) is 0 Å². The fourth-order valence-corrected chi connectivity index (χ4v) is 6.60. The fraction of sp³-hybridized carbons (Fsp3) is 0.571. The van der Waals surface area contributed by atoms with Gasteiger partial charge < -0.3 is 25.3 Å². The predicted octanol–water partition coefficient (Wildman–Crippen LogP) is 3.03. The van der Waals surface area contributed by atoms with Crippen LogP contribution >= 0.6 is 0 Å². The van der Waals surface area contributed by atoms with Crippen LogP contribution in [0.4, 0.5) is 0 Å². The second-order valence-electron chi connectivity index (χ2n) is 11.4. The number of piperidine rings is 1. The van der Waals surface area contributed by atoms with Crippen LogP contribution in [0.5, 0.6) is 0 Å². The molecule has 5 atom stereocenters. The Morgan fingerprint density at radius 2 is 1.83 bits per heavy atom. The Labute approximate surface area is 211 Å². The van der Waals surface area contributed by atoms with Crippen molar-refractivity contribution in [2.75, 3.05) is 6.54 Å². The minimum absolute atomic E-state index is 0.0297. The third kappa shape index (κ3) is 4.31. The lowest BCUT2D eigenvalue weighted by molar-refractivity contribution is -0.143. The minimum atomic E-state index is -0.691. The van der Waals surface area contributed by atoms with Crippen LogP contribution in [0.15, 0.2) is 30.3 Å². The van der Waals surface area contributed by atoms with Crippen LogP contribution in [-0.2, 0) is 14.4 Å². The zero-order chi connectivity index (χ0) is 25.6. The Kier molecular flexibility index (Phi) is 6.39. The average molecular weight is 493 g/mol. The fourth-order valence-electron chi connectivity index (χ4n) is 6.60. The molecule has 2 aromatic rings. The number of benzene rings is 1. The van der Waals surface area contributed by atoms with E-state index in [0.29, 0.717) is 18.5 Å². The summed E-state index contributed by atoms with van der Waals surface area (Å²) in [7, 11) is 0. The molecule has 3 amide bonds. The SMILES string of the molecule is CC(C=O)NC(=O)[C@@H]1[C@@H]2[C@H](CN1C(=O)[C@@H](NC(=O)c1cc3ccccc3[nH]1)C1CCCCC1)C2(C)C. The van der Waals surface area contributed by atoms with Gasteiger partial charge in [0.15, 0.2) is 0 Å². The van der Waals surface area contributed by atoms with Crippen molar-refractivity contribution in [3.63, 3.8) is 0 Å². The molecule has 2 heterocycles. The van der Waals surface area contributed by atoms with Crippen LogP contribution in [-0.4, -0.2) is 58.6 Å². The monoisotopic (exact) mass is 492 g/mol. The summed E-state index contributed by atoms with van der Waals surface area (Å²) in [5.74, 6) is -0.465. The first-order valence-electron chi connectivity index (χ1n) is 13.2. The van der Waals surface area contributed by atoms with Crippen molar-refractivity contribution >= 4 is 34.9 Å². The van der Waals surface area contributed by atoms with Gasteiger partial charge in [0.1, 0.15) is 24.1 Å². The number of nitrogens with one attached hydrogen (secondary N) is 3. The second kappa shape index (κ2) is 9.37. The Bertz CT molecular complexity index is 1150. The summed E-state index contributed by atoms with van der Waals surface area (Å²) in [4.78, 5) is 56.7. The van der Waals surface area contributed by atoms with Crippen LogP contribution in [0.25, 0.3) is 10.9 Å². The molecule has 3 aliphatic rings. The van der Waals surface area contributed by atoms with Crippen molar-refractivity contribution in [1.82, 2.24) is 20.5 Å². The number of likely N-dealkylation sites (tertiary alicyclic amines) is 1. The number of H-pyrrole nitrogens is 1. The largest absolute Gasteiger partial charge is 0.351 e. The van der Waals surface area contributed by atoms with Crippen molar-refractivity contribution in [3.8, 4) is 0 Å². The maximum absolute atomic E-state index is 14.1. The topological polar surface area (TPSA) is 111 Å². The molecular formula is C28H36N4O4. The number of rotatable bonds is 7. The Morgan fingerprint density at radius 3 is 2.53 bits per heavy atom. The zero-order valence-electron chi connectivity index (χ0n) is 21.3. The van der Waals surface area contributed by atoms with Gasteiger partial charge in [-0.2, -0.15) is 0 Å².